The van der Waals surface area contributed by atoms with Gasteiger partial charge in [0.15, 0.2) is 5.76 Å². The van der Waals surface area contributed by atoms with Gasteiger partial charge in [-0.25, -0.2) is 0 Å². The van der Waals surface area contributed by atoms with Crippen LogP contribution in [-0.2, 0) is 0 Å². The predicted molar refractivity (Wildman–Crippen MR) is 111 cm³/mol. The van der Waals surface area contributed by atoms with Crippen molar-refractivity contribution in [3.63, 3.8) is 0 Å². The van der Waals surface area contributed by atoms with Crippen molar-refractivity contribution in [2.45, 2.75) is 44.2 Å². The van der Waals surface area contributed by atoms with E-state index in [1.54, 1.807) is 18.2 Å². The lowest BCUT2D eigenvalue weighted by Gasteiger charge is -2.34. The topological polar surface area (TPSA) is 45.8 Å². The van der Waals surface area contributed by atoms with Crippen LogP contribution in [0.3, 0.4) is 0 Å². The normalized spacial score (nSPS) is 21.1. The quantitative estimate of drug-likeness (QED) is 0.635. The minimum absolute atomic E-state index is 0.0316. The largest absolute Gasteiger partial charge is 0.451 e. The van der Waals surface area contributed by atoms with Gasteiger partial charge in [0.25, 0.3) is 5.91 Å². The zero-order chi connectivity index (χ0) is 19.3. The summed E-state index contributed by atoms with van der Waals surface area (Å²) in [6.45, 7) is 0.835. The summed E-state index contributed by atoms with van der Waals surface area (Å²) < 4.78 is 5.93. The zero-order valence-electron chi connectivity index (χ0n) is 15.3. The van der Waals surface area contributed by atoms with Gasteiger partial charge in [0.05, 0.1) is 16.6 Å². The van der Waals surface area contributed by atoms with Crippen LogP contribution in [0.1, 0.15) is 42.7 Å². The molecule has 0 bridgehead atoms. The lowest BCUT2D eigenvalue weighted by atomic mass is 9.88. The Labute approximate surface area is 173 Å². The van der Waals surface area contributed by atoms with Crippen LogP contribution in [0.2, 0.25) is 10.0 Å². The van der Waals surface area contributed by atoms with Crippen LogP contribution in [0, 0.1) is 0 Å². The molecular formula is C22H20Cl2N2O2. The van der Waals surface area contributed by atoms with Crippen LogP contribution < -0.4 is 0 Å². The van der Waals surface area contributed by atoms with Crippen molar-refractivity contribution in [1.29, 1.82) is 0 Å². The second kappa shape index (κ2) is 7.09. The lowest BCUT2D eigenvalue weighted by molar-refractivity contribution is 0.0613. The zero-order valence-corrected chi connectivity index (χ0v) is 16.8. The molecule has 28 heavy (non-hydrogen) atoms. The molecule has 1 aromatic heterocycles. The molecule has 144 valence electrons. The number of hydrogen-bond donors (Lipinski definition) is 0. The van der Waals surface area contributed by atoms with Gasteiger partial charge in [0, 0.05) is 23.9 Å². The Morgan fingerprint density at radius 2 is 1.96 bits per heavy atom. The first-order chi connectivity index (χ1) is 13.6. The van der Waals surface area contributed by atoms with Crippen LogP contribution in [-0.4, -0.2) is 35.7 Å². The number of benzene rings is 1. The van der Waals surface area contributed by atoms with E-state index in [4.69, 9.17) is 27.6 Å². The van der Waals surface area contributed by atoms with Gasteiger partial charge in [0.2, 0.25) is 0 Å². The van der Waals surface area contributed by atoms with Crippen LogP contribution in [0.15, 0.2) is 50.9 Å². The van der Waals surface area contributed by atoms with Gasteiger partial charge in [-0.05, 0) is 67.5 Å². The SMILES string of the molecule is O=C(c1ccc(-c2cccc(Cl)c2Cl)o1)N(C1CC1)C1CCC2=C(C=NC2)C1. The molecule has 2 aliphatic carbocycles. The standard InChI is InChI=1S/C22H20Cl2N2O2/c23-18-3-1-2-17(21(18)24)19-8-9-20(28-19)22(27)26(15-6-7-15)16-5-4-13-11-25-12-14(13)10-16/h1-3,8-9,12,15-16H,4-7,10-11H2. The molecule has 0 spiro atoms. The van der Waals surface area contributed by atoms with E-state index in [9.17, 15) is 4.79 Å². The van der Waals surface area contributed by atoms with E-state index < -0.39 is 0 Å². The third-order valence-electron chi connectivity index (χ3n) is 5.82. The molecule has 4 nitrogen and oxygen atoms in total. The highest BCUT2D eigenvalue weighted by atomic mass is 35.5. The van der Waals surface area contributed by atoms with Crippen LogP contribution in [0.25, 0.3) is 11.3 Å². The number of nitrogens with zero attached hydrogens (tertiary/aromatic N) is 2. The smallest absolute Gasteiger partial charge is 0.290 e. The van der Waals surface area contributed by atoms with Crippen LogP contribution in [0.5, 0.6) is 0 Å². The third-order valence-corrected chi connectivity index (χ3v) is 6.64. The molecule has 1 amide bonds. The van der Waals surface area contributed by atoms with Crippen molar-refractivity contribution in [1.82, 2.24) is 4.90 Å². The average Bonchev–Trinajstić information content (AvgIpc) is 3.21. The predicted octanol–water partition coefficient (Wildman–Crippen LogP) is 5.79. The van der Waals surface area contributed by atoms with Gasteiger partial charge in [-0.15, -0.1) is 0 Å². The molecule has 6 heteroatoms. The second-order valence-corrected chi connectivity index (χ2v) is 8.49. The number of halogens is 2. The highest BCUT2D eigenvalue weighted by molar-refractivity contribution is 6.43. The van der Waals surface area contributed by atoms with Crippen molar-refractivity contribution in [2.75, 3.05) is 6.54 Å². The van der Waals surface area contributed by atoms with E-state index >= 15 is 0 Å². The molecule has 1 fully saturated rings. The summed E-state index contributed by atoms with van der Waals surface area (Å²) in [7, 11) is 0. The summed E-state index contributed by atoms with van der Waals surface area (Å²) in [6.07, 6.45) is 7.04. The molecule has 2 aromatic rings. The number of rotatable bonds is 4. The van der Waals surface area contributed by atoms with E-state index in [1.807, 2.05) is 18.3 Å². The highest BCUT2D eigenvalue weighted by Crippen LogP contribution is 2.39. The second-order valence-electron chi connectivity index (χ2n) is 7.70. The minimum atomic E-state index is -0.0316. The fraction of sp³-hybridized carbons (Fsp3) is 0.364. The van der Waals surface area contributed by atoms with Crippen molar-refractivity contribution in [3.05, 3.63) is 57.3 Å². The fourth-order valence-corrected chi connectivity index (χ4v) is 4.62. The van der Waals surface area contributed by atoms with Gasteiger partial charge in [-0.3, -0.25) is 9.79 Å². The Hall–Kier alpha value is -2.04. The number of hydrogen-bond acceptors (Lipinski definition) is 3. The minimum Gasteiger partial charge on any atom is -0.451 e. The fourth-order valence-electron chi connectivity index (χ4n) is 4.23. The van der Waals surface area contributed by atoms with Gasteiger partial charge < -0.3 is 9.32 Å². The summed E-state index contributed by atoms with van der Waals surface area (Å²) in [4.78, 5) is 19.8. The monoisotopic (exact) mass is 414 g/mol. The molecule has 0 saturated heterocycles. The summed E-state index contributed by atoms with van der Waals surface area (Å²) in [5, 5.41) is 0.899. The number of aliphatic imine (C=N–C) groups is 1. The van der Waals surface area contributed by atoms with E-state index in [1.165, 1.54) is 11.1 Å². The van der Waals surface area contributed by atoms with Crippen LogP contribution in [0.4, 0.5) is 0 Å². The van der Waals surface area contributed by atoms with Gasteiger partial charge in [0.1, 0.15) is 5.76 Å². The number of carbonyl (C=O) groups excluding carboxylic acids is 1. The molecule has 1 aliphatic heterocycles. The van der Waals surface area contributed by atoms with E-state index in [-0.39, 0.29) is 11.9 Å². The molecule has 5 rings (SSSR count). The number of carbonyl (C=O) groups is 1. The summed E-state index contributed by atoms with van der Waals surface area (Å²) in [5.74, 6) is 0.886. The third kappa shape index (κ3) is 3.19. The molecule has 0 N–H and O–H groups in total. The average molecular weight is 415 g/mol. The summed E-state index contributed by atoms with van der Waals surface area (Å²) in [5.41, 5.74) is 3.46. The molecule has 2 heterocycles. The number of amides is 1. The van der Waals surface area contributed by atoms with Crippen molar-refractivity contribution >= 4 is 35.3 Å². The Morgan fingerprint density at radius 3 is 2.79 bits per heavy atom. The summed E-state index contributed by atoms with van der Waals surface area (Å²) >= 11 is 12.4. The Morgan fingerprint density at radius 1 is 1.11 bits per heavy atom. The summed E-state index contributed by atoms with van der Waals surface area (Å²) in [6, 6.07) is 9.47. The van der Waals surface area contributed by atoms with Crippen molar-refractivity contribution in [3.8, 4) is 11.3 Å². The lowest BCUT2D eigenvalue weighted by Crippen LogP contribution is -2.43. The molecule has 1 unspecified atom stereocenters. The molecular weight excluding hydrogens is 395 g/mol. The van der Waals surface area contributed by atoms with Crippen molar-refractivity contribution in [2.24, 2.45) is 4.99 Å². The van der Waals surface area contributed by atoms with Gasteiger partial charge in [-0.1, -0.05) is 29.3 Å². The van der Waals surface area contributed by atoms with E-state index in [2.05, 4.69) is 9.89 Å². The Balaban J connectivity index is 1.41. The maximum Gasteiger partial charge on any atom is 0.290 e. The first kappa shape index (κ1) is 18.0. The van der Waals surface area contributed by atoms with Crippen LogP contribution >= 0.6 is 23.2 Å². The Bertz CT molecular complexity index is 1000. The molecule has 3 aliphatic rings. The molecule has 0 radical (unpaired) electrons. The maximum atomic E-state index is 13.3. The highest BCUT2D eigenvalue weighted by Gasteiger charge is 2.40. The first-order valence-corrected chi connectivity index (χ1v) is 10.4. The molecule has 1 aromatic carbocycles. The Kier molecular flexibility index (Phi) is 4.56. The van der Waals surface area contributed by atoms with E-state index in [0.717, 1.165) is 38.6 Å². The molecule has 1 atom stereocenters. The maximum absolute atomic E-state index is 13.3. The number of furan rings is 1. The van der Waals surface area contributed by atoms with Crippen molar-refractivity contribution < 1.29 is 9.21 Å². The van der Waals surface area contributed by atoms with E-state index in [0.29, 0.717) is 33.2 Å². The molecule has 1 saturated carbocycles. The van der Waals surface area contributed by atoms with Gasteiger partial charge >= 0.3 is 0 Å². The van der Waals surface area contributed by atoms with Gasteiger partial charge in [-0.2, -0.15) is 0 Å². The first-order valence-electron chi connectivity index (χ1n) is 9.69.